The third-order valence-electron chi connectivity index (χ3n) is 0. The third-order valence-corrected chi connectivity index (χ3v) is 0. The van der Waals surface area contributed by atoms with Gasteiger partial charge in [-0.2, -0.15) is 0 Å². The molecule has 0 spiro atoms. The van der Waals surface area contributed by atoms with Crippen molar-refractivity contribution >= 4 is 6.16 Å². The Hall–Kier alpha value is -0.933. The predicted molar refractivity (Wildman–Crippen MR) is 21.0 cm³/mol. The van der Waals surface area contributed by atoms with E-state index in [1.807, 2.05) is 0 Å². The topological polar surface area (TPSA) is 124 Å². The van der Waals surface area contributed by atoms with Gasteiger partial charge in [-0.05, 0) is 0 Å². The molecule has 0 aliphatic rings. The molecule has 0 fully saturated rings. The summed E-state index contributed by atoms with van der Waals surface area (Å²) in [6, 6.07) is 0. The molecule has 0 aliphatic carbocycles. The van der Waals surface area contributed by atoms with E-state index in [-0.39, 0.29) is 18.9 Å². The van der Waals surface area contributed by atoms with Crippen LogP contribution in [0.1, 0.15) is 0 Å². The maximum Gasteiger partial charge on any atom is 1.00 e. The fourth-order valence-corrected chi connectivity index (χ4v) is 0. The maximum absolute atomic E-state index is 8.56. The van der Waals surface area contributed by atoms with Crippen molar-refractivity contribution in [1.29, 1.82) is 0 Å². The average Bonchev–Trinajstić information content (AvgIpc) is 1.25. The van der Waals surface area contributed by atoms with Gasteiger partial charge in [0.25, 0.3) is 0 Å². The molecule has 9 heavy (non-hydrogen) atoms. The SMILES string of the molecule is O=C(O)O.O=[N+]([O-])[O-].[Li+]. The Morgan fingerprint density at radius 2 is 1.33 bits per heavy atom. The van der Waals surface area contributed by atoms with E-state index in [9.17, 15) is 0 Å². The van der Waals surface area contributed by atoms with Gasteiger partial charge in [-0.25, -0.2) is 4.79 Å². The summed E-state index contributed by atoms with van der Waals surface area (Å²) in [5.41, 5.74) is 0. The second-order valence-electron chi connectivity index (χ2n) is 0.506. The molecule has 0 aliphatic heterocycles. The van der Waals surface area contributed by atoms with Crippen LogP contribution in [0.5, 0.6) is 0 Å². The van der Waals surface area contributed by atoms with Crippen LogP contribution in [0.4, 0.5) is 4.79 Å². The minimum absolute atomic E-state index is 0. The summed E-state index contributed by atoms with van der Waals surface area (Å²) in [6.45, 7) is 0. The smallest absolute Gasteiger partial charge is 0.450 e. The van der Waals surface area contributed by atoms with Crippen molar-refractivity contribution in [3.63, 3.8) is 0 Å². The molecule has 0 aromatic carbocycles. The first kappa shape index (κ1) is 15.7. The van der Waals surface area contributed by atoms with Gasteiger partial charge < -0.3 is 25.5 Å². The summed E-state index contributed by atoms with van der Waals surface area (Å²) in [5, 5.41) is 28.7. The van der Waals surface area contributed by atoms with Crippen molar-refractivity contribution in [2.75, 3.05) is 0 Å². The van der Waals surface area contributed by atoms with Crippen molar-refractivity contribution < 1.29 is 39.0 Å². The molecule has 0 amide bonds. The molecular formula is CH2LiNO6. The van der Waals surface area contributed by atoms with Crippen LogP contribution < -0.4 is 18.9 Å². The second-order valence-corrected chi connectivity index (χ2v) is 0.506. The molecule has 0 rings (SSSR count). The van der Waals surface area contributed by atoms with E-state index in [0.717, 1.165) is 0 Å². The Bertz CT molecular complexity index is 71.1. The van der Waals surface area contributed by atoms with Crippen LogP contribution in [-0.2, 0) is 0 Å². The molecular weight excluding hydrogens is 129 g/mol. The molecule has 0 unspecified atom stereocenters. The van der Waals surface area contributed by atoms with E-state index in [1.165, 1.54) is 0 Å². The van der Waals surface area contributed by atoms with Crippen LogP contribution in [0.2, 0.25) is 0 Å². The Labute approximate surface area is 61.2 Å². The largest absolute Gasteiger partial charge is 1.00 e. The van der Waals surface area contributed by atoms with Crippen molar-refractivity contribution in [3.05, 3.63) is 15.3 Å². The first-order valence-electron chi connectivity index (χ1n) is 1.20. The van der Waals surface area contributed by atoms with E-state index in [2.05, 4.69) is 0 Å². The van der Waals surface area contributed by atoms with E-state index in [0.29, 0.717) is 0 Å². The number of carbonyl (C=O) groups is 1. The zero-order chi connectivity index (χ0) is 7.15. The van der Waals surface area contributed by atoms with E-state index >= 15 is 0 Å². The van der Waals surface area contributed by atoms with Crippen molar-refractivity contribution in [2.24, 2.45) is 0 Å². The van der Waals surface area contributed by atoms with Gasteiger partial charge in [0.05, 0.1) is 5.09 Å². The zero-order valence-corrected chi connectivity index (χ0v) is 4.47. The molecule has 0 aromatic rings. The number of nitrogens with zero attached hydrogens (tertiary/aromatic N) is 1. The molecule has 0 atom stereocenters. The van der Waals surface area contributed by atoms with Crippen molar-refractivity contribution in [2.45, 2.75) is 0 Å². The summed E-state index contributed by atoms with van der Waals surface area (Å²) in [5.74, 6) is 0. The Morgan fingerprint density at radius 1 is 1.33 bits per heavy atom. The van der Waals surface area contributed by atoms with Gasteiger partial charge in [0, 0.05) is 0 Å². The molecule has 2 N–H and O–H groups in total. The maximum atomic E-state index is 8.56. The van der Waals surface area contributed by atoms with Gasteiger partial charge in [-0.3, -0.25) is 0 Å². The quantitative estimate of drug-likeness (QED) is 0.205. The van der Waals surface area contributed by atoms with Crippen LogP contribution in [0.15, 0.2) is 0 Å². The van der Waals surface area contributed by atoms with Crippen LogP contribution in [0.25, 0.3) is 0 Å². The molecule has 48 valence electrons. The summed E-state index contributed by atoms with van der Waals surface area (Å²) in [6.07, 6.45) is -1.83. The first-order valence-corrected chi connectivity index (χ1v) is 1.20. The normalized spacial score (nSPS) is 5.33. The minimum Gasteiger partial charge on any atom is -0.450 e. The second kappa shape index (κ2) is 10.1. The molecule has 0 saturated carbocycles. The van der Waals surface area contributed by atoms with E-state index in [1.54, 1.807) is 0 Å². The molecule has 0 saturated heterocycles. The minimum atomic E-state index is -1.83. The van der Waals surface area contributed by atoms with Gasteiger partial charge in [0.15, 0.2) is 0 Å². The van der Waals surface area contributed by atoms with Gasteiger partial charge in [0.2, 0.25) is 0 Å². The van der Waals surface area contributed by atoms with E-state index < -0.39 is 11.2 Å². The predicted octanol–water partition coefficient (Wildman–Crippen LogP) is -3.01. The Balaban J connectivity index is -0.0000000720. The number of rotatable bonds is 0. The fraction of sp³-hybridized carbons (Fsp3) is 0. The Morgan fingerprint density at radius 3 is 1.33 bits per heavy atom. The van der Waals surface area contributed by atoms with Crippen molar-refractivity contribution in [1.82, 2.24) is 0 Å². The first-order chi connectivity index (χ1) is 3.46. The number of hydrogen-bond donors (Lipinski definition) is 2. The van der Waals surface area contributed by atoms with Crippen molar-refractivity contribution in [3.8, 4) is 0 Å². The Kier molecular flexibility index (Phi) is 17.7. The van der Waals surface area contributed by atoms with Crippen LogP contribution >= 0.6 is 0 Å². The molecule has 0 aromatic heterocycles. The molecule has 0 heterocycles. The standard InChI is InChI=1S/CH2O3.Li.NO3/c2-1(3)4;;2-1(3)4/h(H2,2,3,4);;/q;+1;-1. The molecule has 7 nitrogen and oxygen atoms in total. The van der Waals surface area contributed by atoms with Gasteiger partial charge in [-0.1, -0.05) is 0 Å². The summed E-state index contributed by atoms with van der Waals surface area (Å²) in [7, 11) is 0. The van der Waals surface area contributed by atoms with Gasteiger partial charge >= 0.3 is 25.0 Å². The van der Waals surface area contributed by atoms with Gasteiger partial charge in [-0.15, -0.1) is 0 Å². The van der Waals surface area contributed by atoms with Gasteiger partial charge in [0.1, 0.15) is 0 Å². The average molecular weight is 131 g/mol. The molecule has 0 bridgehead atoms. The van der Waals surface area contributed by atoms with E-state index in [4.69, 9.17) is 30.3 Å². The summed E-state index contributed by atoms with van der Waals surface area (Å²) >= 11 is 0. The fourth-order valence-electron chi connectivity index (χ4n) is 0. The third kappa shape index (κ3) is 209. The molecule has 8 heteroatoms. The summed E-state index contributed by atoms with van der Waals surface area (Å²) < 4.78 is 0. The molecule has 0 radical (unpaired) electrons. The van der Waals surface area contributed by atoms with Crippen LogP contribution in [0, 0.1) is 15.3 Å². The monoisotopic (exact) mass is 131 g/mol. The van der Waals surface area contributed by atoms with Crippen LogP contribution in [0.3, 0.4) is 0 Å². The van der Waals surface area contributed by atoms with Crippen LogP contribution in [-0.4, -0.2) is 21.5 Å². The summed E-state index contributed by atoms with van der Waals surface area (Å²) in [4.78, 5) is 16.8. The zero-order valence-electron chi connectivity index (χ0n) is 4.47. The number of carboxylic acid groups (broad SMARTS) is 2. The number of hydrogen-bond acceptors (Lipinski definition) is 4.